The summed E-state index contributed by atoms with van der Waals surface area (Å²) in [4.78, 5) is 35.4. The average Bonchev–Trinajstić information content (AvgIpc) is 3.06. The molecule has 1 aromatic heterocycles. The lowest BCUT2D eigenvalue weighted by Gasteiger charge is -2.35. The lowest BCUT2D eigenvalue weighted by molar-refractivity contribution is -0.142. The molecule has 2 fully saturated rings. The molecular formula is C18H28N4O3S. The van der Waals surface area contributed by atoms with Gasteiger partial charge in [-0.05, 0) is 13.3 Å². The van der Waals surface area contributed by atoms with Crippen LogP contribution in [0.2, 0.25) is 0 Å². The molecule has 1 aromatic rings. The molecule has 2 saturated heterocycles. The maximum Gasteiger partial charge on any atom is 0.227 e. The number of likely N-dealkylation sites (tertiary alicyclic amines) is 1. The van der Waals surface area contributed by atoms with Gasteiger partial charge in [0, 0.05) is 57.3 Å². The van der Waals surface area contributed by atoms with Crippen molar-refractivity contribution in [2.75, 3.05) is 53.0 Å². The summed E-state index contributed by atoms with van der Waals surface area (Å²) >= 11 is 1.58. The predicted molar refractivity (Wildman–Crippen MR) is 99.9 cm³/mol. The van der Waals surface area contributed by atoms with Crippen molar-refractivity contribution < 1.29 is 14.3 Å². The van der Waals surface area contributed by atoms with E-state index in [-0.39, 0.29) is 17.7 Å². The third-order valence-electron chi connectivity index (χ3n) is 5.05. The van der Waals surface area contributed by atoms with Crippen molar-refractivity contribution in [3.8, 4) is 0 Å². The van der Waals surface area contributed by atoms with Crippen LogP contribution in [0.5, 0.6) is 0 Å². The van der Waals surface area contributed by atoms with Crippen LogP contribution in [0.1, 0.15) is 23.5 Å². The van der Waals surface area contributed by atoms with Gasteiger partial charge in [0.25, 0.3) is 0 Å². The lowest BCUT2D eigenvalue weighted by atomic mass is 9.96. The Morgan fingerprint density at radius 1 is 1.38 bits per heavy atom. The molecule has 0 aromatic carbocycles. The highest BCUT2D eigenvalue weighted by Crippen LogP contribution is 2.21. The number of amides is 2. The molecule has 2 amide bonds. The second-order valence-corrected chi connectivity index (χ2v) is 8.05. The minimum atomic E-state index is -0.108. The van der Waals surface area contributed by atoms with Crippen LogP contribution in [0, 0.1) is 12.8 Å². The highest BCUT2D eigenvalue weighted by Gasteiger charge is 2.32. The van der Waals surface area contributed by atoms with Gasteiger partial charge in [0.15, 0.2) is 0 Å². The third kappa shape index (κ3) is 5.02. The average molecular weight is 381 g/mol. The third-order valence-corrected chi connectivity index (χ3v) is 6.01. The molecule has 0 saturated carbocycles. The summed E-state index contributed by atoms with van der Waals surface area (Å²) < 4.78 is 5.36. The Hall–Kier alpha value is -1.51. The second kappa shape index (κ2) is 8.92. The zero-order chi connectivity index (χ0) is 18.5. The number of aromatic nitrogens is 1. The second-order valence-electron chi connectivity index (χ2n) is 7.11. The van der Waals surface area contributed by atoms with Gasteiger partial charge in [0.1, 0.15) is 5.01 Å². The van der Waals surface area contributed by atoms with E-state index in [4.69, 9.17) is 4.74 Å². The van der Waals surface area contributed by atoms with Crippen molar-refractivity contribution in [2.45, 2.75) is 26.3 Å². The van der Waals surface area contributed by atoms with Crippen LogP contribution in [0.4, 0.5) is 0 Å². The Bertz CT molecular complexity index is 630. The number of ether oxygens (including phenoxy) is 1. The highest BCUT2D eigenvalue weighted by atomic mass is 32.1. The fourth-order valence-corrected chi connectivity index (χ4v) is 4.31. The smallest absolute Gasteiger partial charge is 0.227 e. The van der Waals surface area contributed by atoms with Crippen LogP contribution in [0.15, 0.2) is 5.38 Å². The summed E-state index contributed by atoms with van der Waals surface area (Å²) in [5.41, 5.74) is 0.989. The number of morpholine rings is 1. The Labute approximate surface area is 158 Å². The van der Waals surface area contributed by atoms with Crippen LogP contribution in [-0.2, 0) is 20.9 Å². The van der Waals surface area contributed by atoms with E-state index in [0.717, 1.165) is 43.5 Å². The van der Waals surface area contributed by atoms with Crippen LogP contribution >= 0.6 is 11.3 Å². The number of carbonyl (C=O) groups is 2. The first-order valence-corrected chi connectivity index (χ1v) is 10.1. The monoisotopic (exact) mass is 380 g/mol. The van der Waals surface area contributed by atoms with E-state index >= 15 is 0 Å². The molecule has 3 heterocycles. The van der Waals surface area contributed by atoms with Crippen molar-refractivity contribution in [1.82, 2.24) is 19.7 Å². The van der Waals surface area contributed by atoms with Gasteiger partial charge >= 0.3 is 0 Å². The Morgan fingerprint density at radius 2 is 2.15 bits per heavy atom. The lowest BCUT2D eigenvalue weighted by Crippen LogP contribution is -2.49. The fraction of sp³-hybridized carbons (Fsp3) is 0.722. The van der Waals surface area contributed by atoms with Gasteiger partial charge in [-0.15, -0.1) is 11.3 Å². The minimum Gasteiger partial charge on any atom is -0.379 e. The molecule has 2 aliphatic heterocycles. The first-order chi connectivity index (χ1) is 12.5. The Balaban J connectivity index is 1.50. The van der Waals surface area contributed by atoms with Crippen LogP contribution in [-0.4, -0.2) is 84.5 Å². The topological polar surface area (TPSA) is 66.0 Å². The molecule has 0 radical (unpaired) electrons. The first kappa shape index (κ1) is 19.3. The van der Waals surface area contributed by atoms with Crippen molar-refractivity contribution in [3.63, 3.8) is 0 Å². The number of hydrogen-bond donors (Lipinski definition) is 0. The molecular weight excluding hydrogens is 352 g/mol. The number of piperidine rings is 1. The summed E-state index contributed by atoms with van der Waals surface area (Å²) in [6.45, 7) is 7.93. The summed E-state index contributed by atoms with van der Waals surface area (Å²) in [5.74, 6) is 0.172. The number of rotatable bonds is 6. The Morgan fingerprint density at radius 3 is 2.85 bits per heavy atom. The summed E-state index contributed by atoms with van der Waals surface area (Å²) in [6.07, 6.45) is 1.11. The van der Waals surface area contributed by atoms with Crippen molar-refractivity contribution in [2.24, 2.45) is 5.92 Å². The normalized spacial score (nSPS) is 21.8. The van der Waals surface area contributed by atoms with Gasteiger partial charge in [-0.25, -0.2) is 4.98 Å². The summed E-state index contributed by atoms with van der Waals surface area (Å²) in [7, 11) is 1.83. The number of thiazole rings is 1. The van der Waals surface area contributed by atoms with Crippen LogP contribution in [0.3, 0.4) is 0 Å². The number of hydrogen-bond acceptors (Lipinski definition) is 6. The summed E-state index contributed by atoms with van der Waals surface area (Å²) in [5, 5.41) is 2.95. The van der Waals surface area contributed by atoms with E-state index < -0.39 is 0 Å². The zero-order valence-corrected chi connectivity index (χ0v) is 16.5. The van der Waals surface area contributed by atoms with Gasteiger partial charge in [-0.3, -0.25) is 14.5 Å². The van der Waals surface area contributed by atoms with Crippen molar-refractivity contribution in [1.29, 1.82) is 0 Å². The molecule has 144 valence electrons. The zero-order valence-electron chi connectivity index (χ0n) is 15.6. The van der Waals surface area contributed by atoms with E-state index in [1.807, 2.05) is 24.3 Å². The highest BCUT2D eigenvalue weighted by molar-refractivity contribution is 7.09. The van der Waals surface area contributed by atoms with Gasteiger partial charge in [0.2, 0.25) is 11.8 Å². The molecule has 0 N–H and O–H groups in total. The fourth-order valence-electron chi connectivity index (χ4n) is 3.49. The number of aryl methyl sites for hydroxylation is 1. The minimum absolute atomic E-state index is 0.108. The Kier molecular flexibility index (Phi) is 6.61. The van der Waals surface area contributed by atoms with Gasteiger partial charge in [0.05, 0.1) is 25.7 Å². The molecule has 2 aliphatic rings. The van der Waals surface area contributed by atoms with Gasteiger partial charge < -0.3 is 14.5 Å². The number of nitrogens with zero attached hydrogens (tertiary/aromatic N) is 4. The van der Waals surface area contributed by atoms with Crippen LogP contribution < -0.4 is 0 Å². The quantitative estimate of drug-likeness (QED) is 0.736. The maximum atomic E-state index is 12.8. The summed E-state index contributed by atoms with van der Waals surface area (Å²) in [6, 6.07) is 0. The molecule has 0 unspecified atom stereocenters. The number of carbonyl (C=O) groups excluding carboxylic acids is 2. The largest absolute Gasteiger partial charge is 0.379 e. The molecule has 1 atom stereocenters. The van der Waals surface area contributed by atoms with Gasteiger partial charge in [-0.2, -0.15) is 0 Å². The molecule has 7 nitrogen and oxygen atoms in total. The molecule has 0 spiro atoms. The van der Waals surface area contributed by atoms with Crippen molar-refractivity contribution in [3.05, 3.63) is 16.1 Å². The first-order valence-electron chi connectivity index (χ1n) is 9.27. The molecule has 8 heteroatoms. The van der Waals surface area contributed by atoms with E-state index in [9.17, 15) is 9.59 Å². The molecule has 26 heavy (non-hydrogen) atoms. The SMILES string of the molecule is Cc1csc(CN(C)C(=O)[C@H]2CCC(=O)N(CCN3CCOCC3)C2)n1. The molecule has 3 rings (SSSR count). The molecule has 0 bridgehead atoms. The van der Waals surface area contributed by atoms with E-state index in [2.05, 4.69) is 9.88 Å². The van der Waals surface area contributed by atoms with Crippen LogP contribution in [0.25, 0.3) is 0 Å². The van der Waals surface area contributed by atoms with E-state index in [1.54, 1.807) is 16.2 Å². The van der Waals surface area contributed by atoms with E-state index in [0.29, 0.717) is 32.5 Å². The molecule has 0 aliphatic carbocycles. The van der Waals surface area contributed by atoms with Crippen molar-refractivity contribution >= 4 is 23.2 Å². The van der Waals surface area contributed by atoms with Gasteiger partial charge in [-0.1, -0.05) is 0 Å². The standard InChI is InChI=1S/C18H28N4O3S/c1-14-13-26-16(19-14)12-20(2)18(24)15-3-4-17(23)22(11-15)6-5-21-7-9-25-10-8-21/h13,15H,3-12H2,1-2H3/t15-/m0/s1. The predicted octanol–water partition coefficient (Wildman–Crippen LogP) is 0.981. The maximum absolute atomic E-state index is 12.8. The van der Waals surface area contributed by atoms with E-state index in [1.165, 1.54) is 0 Å².